The van der Waals surface area contributed by atoms with E-state index in [1.807, 2.05) is 13.0 Å². The fourth-order valence-electron chi connectivity index (χ4n) is 1.03. The van der Waals surface area contributed by atoms with Gasteiger partial charge in [-0.1, -0.05) is 6.08 Å². The van der Waals surface area contributed by atoms with Crippen molar-refractivity contribution in [3.05, 3.63) is 42.0 Å². The first-order valence-corrected chi connectivity index (χ1v) is 4.86. The summed E-state index contributed by atoms with van der Waals surface area (Å²) >= 11 is 0. The third-order valence-corrected chi connectivity index (χ3v) is 1.87. The van der Waals surface area contributed by atoms with Crippen LogP contribution >= 0.6 is 0 Å². The van der Waals surface area contributed by atoms with Crippen LogP contribution in [0.25, 0.3) is 0 Å². The molecule has 84 valence electrons. The van der Waals surface area contributed by atoms with Crippen LogP contribution in [0.5, 0.6) is 5.75 Å². The Balaban J connectivity index is 2.59. The minimum atomic E-state index is -0.247. The number of hydrogen-bond acceptors (Lipinski definition) is 3. The van der Waals surface area contributed by atoms with Crippen molar-refractivity contribution in [2.75, 3.05) is 7.11 Å². The highest BCUT2D eigenvalue weighted by molar-refractivity contribution is 5.94. The van der Waals surface area contributed by atoms with Gasteiger partial charge in [-0.3, -0.25) is 4.79 Å². The number of hydrazone groups is 1. The zero-order valence-corrected chi connectivity index (χ0v) is 9.31. The lowest BCUT2D eigenvalue weighted by atomic mass is 10.2. The van der Waals surface area contributed by atoms with Crippen molar-refractivity contribution in [3.8, 4) is 5.75 Å². The van der Waals surface area contributed by atoms with Crippen LogP contribution in [0.4, 0.5) is 0 Å². The third kappa shape index (κ3) is 3.57. The standard InChI is InChI=1S/C12H14N2O2/c1-3-4-9-13-14-12(15)10-5-7-11(16-2)8-6-10/h3-9H,1-2H3,(H,14,15)/b4-3+,13-9-. The normalized spacial score (nSPS) is 10.9. The lowest BCUT2D eigenvalue weighted by Crippen LogP contribution is -2.17. The maximum Gasteiger partial charge on any atom is 0.271 e. The van der Waals surface area contributed by atoms with Gasteiger partial charge in [0.25, 0.3) is 5.91 Å². The average molecular weight is 218 g/mol. The minimum absolute atomic E-state index is 0.247. The van der Waals surface area contributed by atoms with Gasteiger partial charge in [0.1, 0.15) is 5.75 Å². The molecule has 16 heavy (non-hydrogen) atoms. The number of nitrogens with one attached hydrogen (secondary N) is 1. The van der Waals surface area contributed by atoms with Crippen LogP contribution in [0, 0.1) is 0 Å². The second-order valence-electron chi connectivity index (χ2n) is 2.97. The highest BCUT2D eigenvalue weighted by Crippen LogP contribution is 2.10. The number of carbonyl (C=O) groups excluding carboxylic acids is 1. The van der Waals surface area contributed by atoms with E-state index >= 15 is 0 Å². The second-order valence-corrected chi connectivity index (χ2v) is 2.97. The Labute approximate surface area is 94.6 Å². The second kappa shape index (κ2) is 6.40. The zero-order chi connectivity index (χ0) is 11.8. The van der Waals surface area contributed by atoms with Gasteiger partial charge < -0.3 is 4.74 Å². The molecule has 1 rings (SSSR count). The van der Waals surface area contributed by atoms with Gasteiger partial charge in [-0.05, 0) is 37.3 Å². The fraction of sp³-hybridized carbons (Fsp3) is 0.167. The predicted octanol–water partition coefficient (Wildman–Crippen LogP) is 1.99. The van der Waals surface area contributed by atoms with Crippen LogP contribution in [0.2, 0.25) is 0 Å². The third-order valence-electron chi connectivity index (χ3n) is 1.87. The first kappa shape index (κ1) is 12.0. The molecule has 0 atom stereocenters. The molecule has 1 amide bonds. The summed E-state index contributed by atoms with van der Waals surface area (Å²) < 4.78 is 4.99. The monoisotopic (exact) mass is 218 g/mol. The molecule has 0 saturated heterocycles. The first-order valence-electron chi connectivity index (χ1n) is 4.86. The molecule has 1 aromatic carbocycles. The summed E-state index contributed by atoms with van der Waals surface area (Å²) in [7, 11) is 1.58. The van der Waals surface area contributed by atoms with Crippen molar-refractivity contribution >= 4 is 12.1 Å². The summed E-state index contributed by atoms with van der Waals surface area (Å²) in [4.78, 5) is 11.5. The van der Waals surface area contributed by atoms with E-state index in [9.17, 15) is 4.79 Å². The lowest BCUT2D eigenvalue weighted by molar-refractivity contribution is 0.0955. The largest absolute Gasteiger partial charge is 0.497 e. The summed E-state index contributed by atoms with van der Waals surface area (Å²) in [5, 5.41) is 3.74. The molecule has 1 N–H and O–H groups in total. The molecule has 0 spiro atoms. The number of amides is 1. The number of rotatable bonds is 4. The molecule has 4 heteroatoms. The van der Waals surface area contributed by atoms with E-state index in [0.29, 0.717) is 11.3 Å². The van der Waals surface area contributed by atoms with Crippen molar-refractivity contribution < 1.29 is 9.53 Å². The van der Waals surface area contributed by atoms with Gasteiger partial charge in [-0.2, -0.15) is 5.10 Å². The van der Waals surface area contributed by atoms with E-state index in [0.717, 1.165) is 0 Å². The number of ether oxygens (including phenoxy) is 1. The van der Waals surface area contributed by atoms with E-state index in [-0.39, 0.29) is 5.91 Å². The Morgan fingerprint density at radius 2 is 2.06 bits per heavy atom. The number of allylic oxidation sites excluding steroid dienone is 2. The Bertz CT molecular complexity index is 394. The summed E-state index contributed by atoms with van der Waals surface area (Å²) in [5.74, 6) is 0.470. The molecule has 0 radical (unpaired) electrons. The van der Waals surface area contributed by atoms with Crippen LogP contribution in [0.1, 0.15) is 17.3 Å². The summed E-state index contributed by atoms with van der Waals surface area (Å²) in [6, 6.07) is 6.81. The number of nitrogens with zero attached hydrogens (tertiary/aromatic N) is 1. The SMILES string of the molecule is C/C=C/C=N\NC(=O)c1ccc(OC)cc1. The van der Waals surface area contributed by atoms with Gasteiger partial charge in [-0.25, -0.2) is 5.43 Å². The van der Waals surface area contributed by atoms with Gasteiger partial charge in [0.05, 0.1) is 7.11 Å². The molecule has 0 heterocycles. The van der Waals surface area contributed by atoms with Gasteiger partial charge >= 0.3 is 0 Å². The van der Waals surface area contributed by atoms with E-state index in [1.165, 1.54) is 6.21 Å². The molecule has 0 unspecified atom stereocenters. The number of benzene rings is 1. The Hall–Kier alpha value is -2.10. The average Bonchev–Trinajstić information content (AvgIpc) is 2.34. The van der Waals surface area contributed by atoms with E-state index in [1.54, 1.807) is 37.5 Å². The molecule has 0 bridgehead atoms. The smallest absolute Gasteiger partial charge is 0.271 e. The summed E-state index contributed by atoms with van der Waals surface area (Å²) in [5.41, 5.74) is 2.95. The number of carbonyl (C=O) groups is 1. The van der Waals surface area contributed by atoms with Crippen molar-refractivity contribution in [1.29, 1.82) is 0 Å². The molecule has 0 fully saturated rings. The maximum atomic E-state index is 11.5. The van der Waals surface area contributed by atoms with Gasteiger partial charge in [0.15, 0.2) is 0 Å². The summed E-state index contributed by atoms with van der Waals surface area (Å²) in [6.07, 6.45) is 5.07. The van der Waals surface area contributed by atoms with Crippen molar-refractivity contribution in [2.45, 2.75) is 6.92 Å². The predicted molar refractivity (Wildman–Crippen MR) is 63.8 cm³/mol. The fourth-order valence-corrected chi connectivity index (χ4v) is 1.03. The van der Waals surface area contributed by atoms with Gasteiger partial charge in [0, 0.05) is 11.8 Å². The number of methoxy groups -OCH3 is 1. The highest BCUT2D eigenvalue weighted by Gasteiger charge is 2.03. The molecular formula is C12H14N2O2. The molecule has 0 saturated carbocycles. The van der Waals surface area contributed by atoms with Crippen molar-refractivity contribution in [1.82, 2.24) is 5.43 Å². The van der Waals surface area contributed by atoms with Crippen LogP contribution in [0.3, 0.4) is 0 Å². The summed E-state index contributed by atoms with van der Waals surface area (Å²) in [6.45, 7) is 1.87. The molecule has 4 nitrogen and oxygen atoms in total. The lowest BCUT2D eigenvalue weighted by Gasteiger charge is -2.01. The van der Waals surface area contributed by atoms with Crippen LogP contribution in [-0.2, 0) is 0 Å². The van der Waals surface area contributed by atoms with Gasteiger partial charge in [-0.15, -0.1) is 0 Å². The molecule has 0 aromatic heterocycles. The van der Waals surface area contributed by atoms with Crippen LogP contribution < -0.4 is 10.2 Å². The molecule has 0 aliphatic carbocycles. The minimum Gasteiger partial charge on any atom is -0.497 e. The van der Waals surface area contributed by atoms with E-state index < -0.39 is 0 Å². The van der Waals surface area contributed by atoms with Gasteiger partial charge in [0.2, 0.25) is 0 Å². The first-order chi connectivity index (χ1) is 7.77. The van der Waals surface area contributed by atoms with E-state index in [2.05, 4.69) is 10.5 Å². The number of hydrogen-bond donors (Lipinski definition) is 1. The van der Waals surface area contributed by atoms with Crippen molar-refractivity contribution in [2.24, 2.45) is 5.10 Å². The topological polar surface area (TPSA) is 50.7 Å². The van der Waals surface area contributed by atoms with Crippen molar-refractivity contribution in [3.63, 3.8) is 0 Å². The Morgan fingerprint density at radius 1 is 1.38 bits per heavy atom. The highest BCUT2D eigenvalue weighted by atomic mass is 16.5. The Kier molecular flexibility index (Phi) is 4.79. The molecule has 1 aromatic rings. The molecular weight excluding hydrogens is 204 g/mol. The maximum absolute atomic E-state index is 11.5. The quantitative estimate of drug-likeness (QED) is 0.620. The Morgan fingerprint density at radius 3 is 2.62 bits per heavy atom. The van der Waals surface area contributed by atoms with E-state index in [4.69, 9.17) is 4.74 Å². The van der Waals surface area contributed by atoms with Crippen LogP contribution in [-0.4, -0.2) is 19.2 Å². The molecule has 0 aliphatic rings. The zero-order valence-electron chi connectivity index (χ0n) is 9.31. The molecule has 0 aliphatic heterocycles. The van der Waals surface area contributed by atoms with Crippen LogP contribution in [0.15, 0.2) is 41.5 Å².